The molecule has 0 aromatic heterocycles. The molecular weight excluding hydrogens is 192 g/mol. The zero-order valence-electron chi connectivity index (χ0n) is 6.68. The Balaban J connectivity index is -0.0000000720. The summed E-state index contributed by atoms with van der Waals surface area (Å²) in [6.07, 6.45) is -0.833. The first kappa shape index (κ1) is 16.8. The number of rotatable bonds is 0. The van der Waals surface area contributed by atoms with Crippen molar-refractivity contribution in [3.05, 3.63) is 0 Å². The molecule has 0 N–H and O–H groups in total. The van der Waals surface area contributed by atoms with E-state index >= 15 is 0 Å². The summed E-state index contributed by atoms with van der Waals surface area (Å²) in [7, 11) is 0. The van der Waals surface area contributed by atoms with Crippen molar-refractivity contribution in [2.75, 3.05) is 0 Å². The van der Waals surface area contributed by atoms with Gasteiger partial charge in [0.1, 0.15) is 0 Å². The van der Waals surface area contributed by atoms with Gasteiger partial charge < -0.3 is 10.2 Å². The predicted molar refractivity (Wildman–Crippen MR) is 36.0 cm³/mol. The zero-order valence-corrected chi connectivity index (χ0v) is 10.2. The average Bonchev–Trinajstić information content (AvgIpc) is 1.25. The minimum absolute atomic E-state index is 0. The first-order valence-electron chi connectivity index (χ1n) is 2.78. The Morgan fingerprint density at radius 1 is 0.778 bits per heavy atom. The molecule has 0 rings (SSSR count). The third-order valence-electron chi connectivity index (χ3n) is 0. The van der Waals surface area contributed by atoms with Crippen LogP contribution in [0.25, 0.3) is 0 Å². The molecular formula is C6H14O2Sr. The molecule has 0 amide bonds. The maximum Gasteiger partial charge on any atom is 2.00 e. The van der Waals surface area contributed by atoms with Gasteiger partial charge in [-0.15, -0.1) is 12.2 Å². The van der Waals surface area contributed by atoms with Crippen molar-refractivity contribution in [2.24, 2.45) is 0 Å². The fourth-order valence-corrected chi connectivity index (χ4v) is 0. The predicted octanol–water partition coefficient (Wildman–Crippen LogP) is -0.871. The van der Waals surface area contributed by atoms with Crippen LogP contribution in [0.5, 0.6) is 0 Å². The van der Waals surface area contributed by atoms with Crippen molar-refractivity contribution >= 4 is 45.5 Å². The van der Waals surface area contributed by atoms with Gasteiger partial charge in [0.15, 0.2) is 0 Å². The molecule has 0 spiro atoms. The molecule has 9 heavy (non-hydrogen) atoms. The molecule has 0 radical (unpaired) electrons. The second-order valence-corrected chi connectivity index (χ2v) is 2.10. The van der Waals surface area contributed by atoms with E-state index in [9.17, 15) is 10.2 Å². The molecule has 0 bridgehead atoms. The smallest absolute Gasteiger partial charge is 0.852 e. The Morgan fingerprint density at radius 3 is 0.778 bits per heavy atom. The Labute approximate surface area is 94.5 Å². The summed E-state index contributed by atoms with van der Waals surface area (Å²) < 4.78 is 0. The maximum atomic E-state index is 9.53. The summed E-state index contributed by atoms with van der Waals surface area (Å²) in [5.74, 6) is 0. The van der Waals surface area contributed by atoms with Crippen LogP contribution < -0.4 is 10.2 Å². The van der Waals surface area contributed by atoms with Gasteiger partial charge in [-0.2, -0.15) is 0 Å². The van der Waals surface area contributed by atoms with E-state index in [1.807, 2.05) is 0 Å². The normalized spacial score (nSPS) is 8.00. The van der Waals surface area contributed by atoms with Gasteiger partial charge in [-0.25, -0.2) is 0 Å². The summed E-state index contributed by atoms with van der Waals surface area (Å²) in [5.41, 5.74) is 0. The van der Waals surface area contributed by atoms with E-state index in [1.165, 1.54) is 0 Å². The first-order valence-corrected chi connectivity index (χ1v) is 2.78. The van der Waals surface area contributed by atoms with Crippen LogP contribution >= 0.6 is 0 Å². The summed E-state index contributed by atoms with van der Waals surface area (Å²) in [5, 5.41) is 19.1. The van der Waals surface area contributed by atoms with Crippen LogP contribution in [-0.2, 0) is 0 Å². The Hall–Kier alpha value is 1.40. The van der Waals surface area contributed by atoms with Crippen LogP contribution in [0.3, 0.4) is 0 Å². The van der Waals surface area contributed by atoms with Crippen molar-refractivity contribution in [3.63, 3.8) is 0 Å². The molecule has 0 aliphatic carbocycles. The number of hydrogen-bond acceptors (Lipinski definition) is 2. The van der Waals surface area contributed by atoms with Crippen molar-refractivity contribution in [1.29, 1.82) is 0 Å². The molecule has 0 aromatic carbocycles. The van der Waals surface area contributed by atoms with E-state index in [0.29, 0.717) is 0 Å². The molecule has 0 heterocycles. The van der Waals surface area contributed by atoms with Crippen LogP contribution in [0.2, 0.25) is 0 Å². The monoisotopic (exact) mass is 206 g/mol. The first-order chi connectivity index (χ1) is 3.46. The molecule has 3 heteroatoms. The van der Waals surface area contributed by atoms with E-state index < -0.39 is 12.2 Å². The molecule has 0 saturated carbocycles. The van der Waals surface area contributed by atoms with Gasteiger partial charge in [0, 0.05) is 0 Å². The Bertz CT molecular complexity index is 26.5. The fourth-order valence-electron chi connectivity index (χ4n) is 0. The molecule has 2 nitrogen and oxygen atoms in total. The quantitative estimate of drug-likeness (QED) is 0.483. The summed E-state index contributed by atoms with van der Waals surface area (Å²) >= 11 is 0. The minimum Gasteiger partial charge on any atom is -0.852 e. The molecule has 0 saturated heterocycles. The second-order valence-electron chi connectivity index (χ2n) is 2.10. The fraction of sp³-hybridized carbons (Fsp3) is 1.00. The Morgan fingerprint density at radius 2 is 0.778 bits per heavy atom. The van der Waals surface area contributed by atoms with E-state index in [-0.39, 0.29) is 45.5 Å². The largest absolute Gasteiger partial charge is 2.00 e. The van der Waals surface area contributed by atoms with Crippen LogP contribution in [-0.4, -0.2) is 57.7 Å². The van der Waals surface area contributed by atoms with Crippen LogP contribution in [0.1, 0.15) is 27.7 Å². The molecule has 0 aliphatic heterocycles. The van der Waals surface area contributed by atoms with Crippen molar-refractivity contribution in [2.45, 2.75) is 39.9 Å². The average molecular weight is 206 g/mol. The van der Waals surface area contributed by atoms with Gasteiger partial charge in [0.25, 0.3) is 0 Å². The van der Waals surface area contributed by atoms with E-state index in [4.69, 9.17) is 0 Å². The topological polar surface area (TPSA) is 46.1 Å². The van der Waals surface area contributed by atoms with Crippen molar-refractivity contribution in [3.8, 4) is 0 Å². The van der Waals surface area contributed by atoms with Gasteiger partial charge >= 0.3 is 45.5 Å². The van der Waals surface area contributed by atoms with Crippen LogP contribution in [0, 0.1) is 0 Å². The van der Waals surface area contributed by atoms with Gasteiger partial charge in [-0.1, -0.05) is 27.7 Å². The molecule has 0 fully saturated rings. The van der Waals surface area contributed by atoms with Crippen molar-refractivity contribution < 1.29 is 10.2 Å². The van der Waals surface area contributed by atoms with Crippen molar-refractivity contribution in [1.82, 2.24) is 0 Å². The minimum atomic E-state index is -0.417. The summed E-state index contributed by atoms with van der Waals surface area (Å²) in [4.78, 5) is 0. The SMILES string of the molecule is CC(C)[O-].CC(C)[O-].[Sr+2]. The van der Waals surface area contributed by atoms with E-state index in [1.54, 1.807) is 27.7 Å². The zero-order chi connectivity index (χ0) is 7.15. The van der Waals surface area contributed by atoms with Gasteiger partial charge in [0.05, 0.1) is 0 Å². The van der Waals surface area contributed by atoms with Crippen LogP contribution in [0.15, 0.2) is 0 Å². The third kappa shape index (κ3) is 262. The molecule has 0 atom stereocenters. The standard InChI is InChI=1S/2C3H7O.Sr/c2*1-3(2)4;/h2*3H,1-2H3;/q2*-1;+2. The molecule has 0 aliphatic rings. The second kappa shape index (κ2) is 12.1. The third-order valence-corrected chi connectivity index (χ3v) is 0. The van der Waals surface area contributed by atoms with Gasteiger partial charge in [0.2, 0.25) is 0 Å². The van der Waals surface area contributed by atoms with E-state index in [2.05, 4.69) is 0 Å². The van der Waals surface area contributed by atoms with E-state index in [0.717, 1.165) is 0 Å². The summed E-state index contributed by atoms with van der Waals surface area (Å²) in [6.45, 7) is 6.44. The Kier molecular flexibility index (Phi) is 22.6. The summed E-state index contributed by atoms with van der Waals surface area (Å²) in [6, 6.07) is 0. The van der Waals surface area contributed by atoms with Gasteiger partial charge in [-0.3, -0.25) is 0 Å². The van der Waals surface area contributed by atoms with Crippen LogP contribution in [0.4, 0.5) is 0 Å². The molecule has 52 valence electrons. The molecule has 0 unspecified atom stereocenters. The maximum absolute atomic E-state index is 9.53. The number of hydrogen-bond donors (Lipinski definition) is 0. The molecule has 0 aromatic rings. The van der Waals surface area contributed by atoms with Gasteiger partial charge in [-0.05, 0) is 0 Å².